The second-order valence-corrected chi connectivity index (χ2v) is 7.04. The maximum absolute atomic E-state index is 12.6. The lowest BCUT2D eigenvalue weighted by Gasteiger charge is -2.12. The third-order valence-electron chi connectivity index (χ3n) is 2.06. The molecule has 0 heterocycles. The van der Waals surface area contributed by atoms with Crippen molar-refractivity contribution in [3.63, 3.8) is 0 Å². The molecule has 0 aliphatic carbocycles. The number of hydrogen-bond donors (Lipinski definition) is 1. The maximum atomic E-state index is 12.6. The summed E-state index contributed by atoms with van der Waals surface area (Å²) in [4.78, 5) is 21.9. The summed E-state index contributed by atoms with van der Waals surface area (Å²) >= 11 is 6.08. The highest BCUT2D eigenvalue weighted by Crippen LogP contribution is 2.23. The summed E-state index contributed by atoms with van der Waals surface area (Å²) in [5.41, 5.74) is 0.317. The minimum absolute atomic E-state index is 0.317. The van der Waals surface area contributed by atoms with Crippen molar-refractivity contribution in [3.05, 3.63) is 28.4 Å². The summed E-state index contributed by atoms with van der Waals surface area (Å²) in [7, 11) is 0. The second-order valence-electron chi connectivity index (χ2n) is 3.56. The van der Waals surface area contributed by atoms with Crippen molar-refractivity contribution in [1.29, 1.82) is 0 Å². The van der Waals surface area contributed by atoms with Crippen LogP contribution in [0.15, 0.2) is 12.1 Å². The molecule has 0 aromatic heterocycles. The molecule has 0 saturated carbocycles. The molecule has 1 aromatic carbocycles. The molecule has 116 valence electrons. The molecule has 21 heavy (non-hydrogen) atoms. The molecule has 5 nitrogen and oxygen atoms in total. The minimum atomic E-state index is -4.29. The van der Waals surface area contributed by atoms with Crippen molar-refractivity contribution >= 4 is 79.7 Å². The van der Waals surface area contributed by atoms with Gasteiger partial charge in [-0.2, -0.15) is 8.78 Å². The van der Waals surface area contributed by atoms with Crippen molar-refractivity contribution in [2.24, 2.45) is 0 Å². The first-order chi connectivity index (χ1) is 9.65. The molecule has 0 aliphatic rings. The predicted molar refractivity (Wildman–Crippen MR) is 93.4 cm³/mol. The SMILES string of the molecule is O=C(OCCOC(F)(F)C(=O)O)c1cc(I)cc(I)c1I. The Labute approximate surface area is 159 Å². The number of alkyl halides is 2. The van der Waals surface area contributed by atoms with E-state index in [0.29, 0.717) is 9.13 Å². The van der Waals surface area contributed by atoms with Crippen LogP contribution in [0, 0.1) is 10.7 Å². The van der Waals surface area contributed by atoms with Crippen molar-refractivity contribution in [2.45, 2.75) is 6.11 Å². The smallest absolute Gasteiger partial charge is 0.456 e. The van der Waals surface area contributed by atoms with E-state index < -0.39 is 31.3 Å². The second kappa shape index (κ2) is 8.14. The van der Waals surface area contributed by atoms with Gasteiger partial charge >= 0.3 is 18.0 Å². The molecule has 1 N–H and O–H groups in total. The number of carboxylic acids is 1. The number of esters is 1. The van der Waals surface area contributed by atoms with Crippen molar-refractivity contribution in [1.82, 2.24) is 0 Å². The number of halogens is 5. The van der Waals surface area contributed by atoms with Gasteiger partial charge in [0.2, 0.25) is 0 Å². The third kappa shape index (κ3) is 5.70. The Balaban J connectivity index is 2.58. The highest BCUT2D eigenvalue weighted by Gasteiger charge is 2.40. The van der Waals surface area contributed by atoms with Crippen LogP contribution in [0.5, 0.6) is 0 Å². The summed E-state index contributed by atoms with van der Waals surface area (Å²) in [5, 5.41) is 8.14. The van der Waals surface area contributed by atoms with Crippen LogP contribution in [0.3, 0.4) is 0 Å². The number of rotatable bonds is 6. The van der Waals surface area contributed by atoms with Crippen LogP contribution < -0.4 is 0 Å². The molecule has 0 atom stereocenters. The highest BCUT2D eigenvalue weighted by molar-refractivity contribution is 14.1. The van der Waals surface area contributed by atoms with E-state index in [1.54, 1.807) is 6.07 Å². The Morgan fingerprint density at radius 2 is 1.81 bits per heavy atom. The van der Waals surface area contributed by atoms with E-state index in [4.69, 9.17) is 9.84 Å². The Morgan fingerprint density at radius 3 is 2.38 bits per heavy atom. The fourth-order valence-corrected chi connectivity index (χ4v) is 3.52. The van der Waals surface area contributed by atoms with Crippen molar-refractivity contribution < 1.29 is 33.0 Å². The number of aliphatic carboxylic acids is 1. The lowest BCUT2D eigenvalue weighted by atomic mass is 10.2. The fraction of sp³-hybridized carbons (Fsp3) is 0.273. The van der Waals surface area contributed by atoms with Gasteiger partial charge in [0.1, 0.15) is 6.61 Å². The average Bonchev–Trinajstić information content (AvgIpc) is 2.38. The number of carbonyl (C=O) groups is 2. The molecule has 0 aliphatic heterocycles. The summed E-state index contributed by atoms with van der Waals surface area (Å²) in [5.74, 6) is -3.08. The zero-order chi connectivity index (χ0) is 16.2. The van der Waals surface area contributed by atoms with E-state index in [0.717, 1.165) is 7.14 Å². The van der Waals surface area contributed by atoms with E-state index >= 15 is 0 Å². The lowest BCUT2D eigenvalue weighted by Crippen LogP contribution is -2.33. The molecule has 1 rings (SSSR count). The van der Waals surface area contributed by atoms with Gasteiger partial charge in [-0.25, -0.2) is 9.59 Å². The van der Waals surface area contributed by atoms with Gasteiger partial charge < -0.3 is 14.6 Å². The van der Waals surface area contributed by atoms with Crippen LogP contribution in [-0.2, 0) is 14.3 Å². The van der Waals surface area contributed by atoms with Gasteiger partial charge in [-0.05, 0) is 79.9 Å². The number of ether oxygens (including phenoxy) is 2. The Hall–Kier alpha value is 0.170. The van der Waals surface area contributed by atoms with Crippen LogP contribution >= 0.6 is 67.8 Å². The van der Waals surface area contributed by atoms with Crippen LogP contribution in [0.4, 0.5) is 8.78 Å². The van der Waals surface area contributed by atoms with E-state index in [1.807, 2.05) is 51.2 Å². The van der Waals surface area contributed by atoms with Crippen LogP contribution in [0.2, 0.25) is 0 Å². The first kappa shape index (κ1) is 19.2. The minimum Gasteiger partial charge on any atom is -0.475 e. The summed E-state index contributed by atoms with van der Waals surface area (Å²) in [6.07, 6.45) is -4.29. The quantitative estimate of drug-likeness (QED) is 0.224. The molecule has 0 radical (unpaired) electrons. The molecule has 0 amide bonds. The molecular weight excluding hydrogens is 631 g/mol. The van der Waals surface area contributed by atoms with Crippen LogP contribution in [0.1, 0.15) is 10.4 Å². The van der Waals surface area contributed by atoms with E-state index in [-0.39, 0.29) is 0 Å². The molecular formula is C11H7F2I3O5. The first-order valence-corrected chi connectivity index (χ1v) is 8.45. The Morgan fingerprint density at radius 1 is 1.19 bits per heavy atom. The number of carbonyl (C=O) groups excluding carboxylic acids is 1. The number of hydrogen-bond acceptors (Lipinski definition) is 4. The molecule has 0 unspecified atom stereocenters. The van der Waals surface area contributed by atoms with Crippen molar-refractivity contribution in [3.8, 4) is 0 Å². The lowest BCUT2D eigenvalue weighted by molar-refractivity contribution is -0.247. The maximum Gasteiger partial charge on any atom is 0.456 e. The Kier molecular flexibility index (Phi) is 7.45. The third-order valence-corrected chi connectivity index (χ3v) is 5.73. The topological polar surface area (TPSA) is 72.8 Å². The largest absolute Gasteiger partial charge is 0.475 e. The summed E-state index contributed by atoms with van der Waals surface area (Å²) in [6, 6.07) is 3.48. The standard InChI is InChI=1S/C11H7F2I3O5/c12-11(13,10(18)19)21-2-1-20-9(17)6-3-5(14)4-7(15)8(6)16/h3-4H,1-2H2,(H,18,19). The van der Waals surface area contributed by atoms with Gasteiger partial charge in [0.05, 0.1) is 12.2 Å². The van der Waals surface area contributed by atoms with E-state index in [2.05, 4.69) is 27.3 Å². The van der Waals surface area contributed by atoms with Gasteiger partial charge in [-0.1, -0.05) is 0 Å². The van der Waals surface area contributed by atoms with Crippen LogP contribution in [0.25, 0.3) is 0 Å². The molecule has 0 bridgehead atoms. The molecule has 0 saturated heterocycles. The van der Waals surface area contributed by atoms with E-state index in [9.17, 15) is 18.4 Å². The molecule has 10 heteroatoms. The van der Waals surface area contributed by atoms with Gasteiger partial charge in [-0.3, -0.25) is 0 Å². The number of benzene rings is 1. The highest BCUT2D eigenvalue weighted by atomic mass is 127. The molecule has 1 aromatic rings. The monoisotopic (exact) mass is 638 g/mol. The Bertz CT molecular complexity index is 565. The van der Waals surface area contributed by atoms with Crippen LogP contribution in [-0.4, -0.2) is 36.4 Å². The van der Waals surface area contributed by atoms with Crippen molar-refractivity contribution in [2.75, 3.05) is 13.2 Å². The van der Waals surface area contributed by atoms with Gasteiger partial charge in [-0.15, -0.1) is 0 Å². The summed E-state index contributed by atoms with van der Waals surface area (Å²) < 4.78 is 36.2. The van der Waals surface area contributed by atoms with Gasteiger partial charge in [0.25, 0.3) is 0 Å². The molecule has 0 fully saturated rings. The predicted octanol–water partition coefficient (Wildman–Crippen LogP) is 3.35. The van der Waals surface area contributed by atoms with Gasteiger partial charge in [0, 0.05) is 10.7 Å². The first-order valence-electron chi connectivity index (χ1n) is 5.22. The molecule has 0 spiro atoms. The normalized spacial score (nSPS) is 11.3. The zero-order valence-corrected chi connectivity index (χ0v) is 16.5. The summed E-state index contributed by atoms with van der Waals surface area (Å²) in [6.45, 7) is -1.19. The van der Waals surface area contributed by atoms with E-state index in [1.165, 1.54) is 0 Å². The van der Waals surface area contributed by atoms with Gasteiger partial charge in [0.15, 0.2) is 0 Å². The zero-order valence-electron chi connectivity index (χ0n) is 10.0. The average molecular weight is 638 g/mol. The fourth-order valence-electron chi connectivity index (χ4n) is 1.15. The number of carboxylic acid groups (broad SMARTS) is 1.